The first kappa shape index (κ1) is 28.1. The van der Waals surface area contributed by atoms with Gasteiger partial charge in [0.25, 0.3) is 0 Å². The van der Waals surface area contributed by atoms with Crippen LogP contribution in [0, 0.1) is 23.5 Å². The molecule has 3 heterocycles. The van der Waals surface area contributed by atoms with Crippen molar-refractivity contribution >= 4 is 40.6 Å². The molecule has 2 atom stereocenters. The van der Waals surface area contributed by atoms with E-state index in [1.54, 1.807) is 24.3 Å². The zero-order valence-corrected chi connectivity index (χ0v) is 22.6. The van der Waals surface area contributed by atoms with E-state index >= 15 is 0 Å². The average Bonchev–Trinajstić information content (AvgIpc) is 3.25. The molecule has 0 bridgehead atoms. The fraction of sp³-hybridized carbons (Fsp3) is 0.231. The number of aliphatic hydroxyl groups is 1. The van der Waals surface area contributed by atoms with E-state index < -0.39 is 34.3 Å². The van der Waals surface area contributed by atoms with Gasteiger partial charge in [-0.15, -0.1) is 10.2 Å². The Morgan fingerprint density at radius 1 is 1.15 bits per heavy atom. The molecule has 2 unspecified atom stereocenters. The second kappa shape index (κ2) is 11.4. The van der Waals surface area contributed by atoms with Crippen LogP contribution in [0.2, 0.25) is 5.15 Å². The molecule has 39 heavy (non-hydrogen) atoms. The highest BCUT2D eigenvalue weighted by molar-refractivity contribution is 7.85. The largest absolute Gasteiger partial charge is 0.378 e. The number of anilines is 1. The molecule has 0 spiro atoms. The normalized spacial score (nSPS) is 12.9. The van der Waals surface area contributed by atoms with E-state index in [1.807, 2.05) is 0 Å². The Morgan fingerprint density at radius 2 is 1.85 bits per heavy atom. The number of amides is 1. The minimum atomic E-state index is -1.45. The molecule has 13 heteroatoms. The van der Waals surface area contributed by atoms with Crippen molar-refractivity contribution in [3.8, 4) is 23.0 Å². The predicted octanol–water partition coefficient (Wildman–Crippen LogP) is 3.58. The molecule has 4 aromatic rings. The summed E-state index contributed by atoms with van der Waals surface area (Å²) in [4.78, 5) is 16.3. The number of rotatable bonds is 8. The number of hydrogen-bond acceptors (Lipinski definition) is 6. The Hall–Kier alpha value is -3.92. The van der Waals surface area contributed by atoms with E-state index in [2.05, 4.69) is 37.1 Å². The van der Waals surface area contributed by atoms with Crippen molar-refractivity contribution in [2.24, 2.45) is 0 Å². The molecule has 3 aromatic heterocycles. The van der Waals surface area contributed by atoms with Gasteiger partial charge in [-0.1, -0.05) is 17.5 Å². The van der Waals surface area contributed by atoms with Gasteiger partial charge < -0.3 is 10.4 Å². The molecule has 0 fully saturated rings. The highest BCUT2D eigenvalue weighted by Crippen LogP contribution is 2.34. The van der Waals surface area contributed by atoms with E-state index in [0.717, 1.165) is 6.07 Å². The molecular weight excluding hydrogens is 550 g/mol. The van der Waals surface area contributed by atoms with Crippen molar-refractivity contribution in [2.75, 3.05) is 11.0 Å². The predicted molar refractivity (Wildman–Crippen MR) is 144 cm³/mol. The van der Waals surface area contributed by atoms with Crippen LogP contribution in [0.1, 0.15) is 36.8 Å². The second-order valence-electron chi connectivity index (χ2n) is 9.07. The number of carbonyl (C=O) groups is 1. The number of aromatic nitrogens is 4. The van der Waals surface area contributed by atoms with Crippen molar-refractivity contribution in [2.45, 2.75) is 31.9 Å². The molecule has 0 radical (unpaired) electrons. The number of fused-ring (bicyclic) bond motifs is 1. The molecule has 4 rings (SSSR count). The Kier molecular flexibility index (Phi) is 8.25. The molecule has 0 aliphatic heterocycles. The lowest BCUT2D eigenvalue weighted by molar-refractivity contribution is -0.110. The van der Waals surface area contributed by atoms with Crippen LogP contribution in [-0.2, 0) is 22.2 Å². The summed E-state index contributed by atoms with van der Waals surface area (Å²) >= 11 is 6.40. The first-order valence-electron chi connectivity index (χ1n) is 11.5. The lowest BCUT2D eigenvalue weighted by Gasteiger charge is -2.20. The van der Waals surface area contributed by atoms with Gasteiger partial charge in [-0.05, 0) is 68.2 Å². The molecule has 3 N–H and O–H groups in total. The fourth-order valence-electron chi connectivity index (χ4n) is 3.90. The van der Waals surface area contributed by atoms with Crippen LogP contribution in [-0.4, -0.2) is 47.2 Å². The van der Waals surface area contributed by atoms with Crippen LogP contribution in [0.25, 0.3) is 16.8 Å². The SMILES string of the molecule is CS(=O)Nc1nnc2c(-c3ccc(C#CC(C)(C)O)nc3C(Cc3cc(F)cc(F)c3)NC=O)ccc(Cl)n12. The van der Waals surface area contributed by atoms with Gasteiger partial charge in [0.05, 0.1) is 11.7 Å². The monoisotopic (exact) mass is 572 g/mol. The smallest absolute Gasteiger partial charge is 0.242 e. The summed E-state index contributed by atoms with van der Waals surface area (Å²) in [5.74, 6) is 4.13. The molecule has 0 aliphatic carbocycles. The van der Waals surface area contributed by atoms with E-state index in [-0.39, 0.29) is 28.8 Å². The molecule has 202 valence electrons. The quantitative estimate of drug-likeness (QED) is 0.169. The van der Waals surface area contributed by atoms with Crippen LogP contribution < -0.4 is 10.0 Å². The molecule has 1 amide bonds. The van der Waals surface area contributed by atoms with Gasteiger partial charge >= 0.3 is 0 Å². The van der Waals surface area contributed by atoms with Gasteiger partial charge in [-0.2, -0.15) is 0 Å². The number of halogens is 3. The first-order chi connectivity index (χ1) is 18.4. The van der Waals surface area contributed by atoms with Crippen LogP contribution in [0.5, 0.6) is 0 Å². The minimum absolute atomic E-state index is 0.00597. The van der Waals surface area contributed by atoms with Gasteiger partial charge in [0.15, 0.2) is 5.65 Å². The molecule has 9 nitrogen and oxygen atoms in total. The van der Waals surface area contributed by atoms with E-state index in [9.17, 15) is 22.9 Å². The highest BCUT2D eigenvalue weighted by Gasteiger charge is 2.23. The number of carbonyl (C=O) groups excluding carboxylic acids is 1. The van der Waals surface area contributed by atoms with E-state index in [1.165, 1.54) is 36.6 Å². The standard InChI is InChI=1S/C26H23ClF2N6O3S/c1-26(2,37)9-8-18-4-5-19(20-6-7-22(27)35-24(20)32-33-25(35)34-39(3)38)23(31-18)21(30-14-36)12-15-10-16(28)13-17(29)11-15/h4-7,10-11,13-14,21,37H,12H2,1-3H3,(H,30,36)(H,33,34). The number of nitrogens with zero attached hydrogens (tertiary/aromatic N) is 4. The van der Waals surface area contributed by atoms with Crippen molar-refractivity contribution in [3.05, 3.63) is 76.2 Å². The van der Waals surface area contributed by atoms with Crippen molar-refractivity contribution in [1.29, 1.82) is 0 Å². The lowest BCUT2D eigenvalue weighted by Crippen LogP contribution is -2.24. The van der Waals surface area contributed by atoms with Gasteiger partial charge in [0, 0.05) is 23.4 Å². The third kappa shape index (κ3) is 6.75. The summed E-state index contributed by atoms with van der Waals surface area (Å²) in [5.41, 5.74) is 0.910. The summed E-state index contributed by atoms with van der Waals surface area (Å²) in [5, 5.41) is 21.2. The fourth-order valence-corrected chi connectivity index (χ4v) is 4.52. The van der Waals surface area contributed by atoms with Gasteiger partial charge in [-0.3, -0.25) is 9.52 Å². The second-order valence-corrected chi connectivity index (χ2v) is 10.6. The maximum atomic E-state index is 13.9. The maximum absolute atomic E-state index is 13.9. The van der Waals surface area contributed by atoms with Crippen LogP contribution >= 0.6 is 11.6 Å². The zero-order valence-electron chi connectivity index (χ0n) is 21.0. The number of hydrogen-bond donors (Lipinski definition) is 3. The van der Waals surface area contributed by atoms with Crippen molar-refractivity contribution in [3.63, 3.8) is 0 Å². The van der Waals surface area contributed by atoms with Crippen molar-refractivity contribution in [1.82, 2.24) is 24.9 Å². The molecule has 0 aliphatic rings. The first-order valence-corrected chi connectivity index (χ1v) is 13.4. The average molecular weight is 573 g/mol. The topological polar surface area (TPSA) is 122 Å². The lowest BCUT2D eigenvalue weighted by atomic mass is 9.95. The molecule has 0 saturated carbocycles. The molecular formula is C26H23ClF2N6O3S. The third-order valence-electron chi connectivity index (χ3n) is 5.41. The number of benzene rings is 1. The van der Waals surface area contributed by atoms with Gasteiger partial charge in [0.2, 0.25) is 12.4 Å². The summed E-state index contributed by atoms with van der Waals surface area (Å²) in [6.45, 7) is 3.05. The van der Waals surface area contributed by atoms with Gasteiger partial charge in [-0.25, -0.2) is 22.4 Å². The zero-order chi connectivity index (χ0) is 28.3. The maximum Gasteiger partial charge on any atom is 0.242 e. The highest BCUT2D eigenvalue weighted by atomic mass is 35.5. The van der Waals surface area contributed by atoms with E-state index in [4.69, 9.17) is 11.6 Å². The number of pyridine rings is 2. The van der Waals surface area contributed by atoms with Crippen molar-refractivity contribution < 1.29 is 22.9 Å². The Bertz CT molecular complexity index is 1620. The minimum Gasteiger partial charge on any atom is -0.378 e. The van der Waals surface area contributed by atoms with Crippen LogP contribution in [0.4, 0.5) is 14.7 Å². The molecule has 0 saturated heterocycles. The van der Waals surface area contributed by atoms with Crippen LogP contribution in [0.15, 0.2) is 42.5 Å². The summed E-state index contributed by atoms with van der Waals surface area (Å²) in [6, 6.07) is 8.84. The third-order valence-corrected chi connectivity index (χ3v) is 6.18. The Morgan fingerprint density at radius 3 is 2.49 bits per heavy atom. The number of nitrogens with one attached hydrogen (secondary N) is 2. The summed E-state index contributed by atoms with van der Waals surface area (Å²) < 4.78 is 43.8. The van der Waals surface area contributed by atoms with Crippen LogP contribution in [0.3, 0.4) is 0 Å². The summed E-state index contributed by atoms with van der Waals surface area (Å²) in [6.07, 6.45) is 1.89. The Labute approximate surface area is 230 Å². The summed E-state index contributed by atoms with van der Waals surface area (Å²) in [7, 11) is -1.45. The van der Waals surface area contributed by atoms with E-state index in [0.29, 0.717) is 28.9 Å². The molecule has 1 aromatic carbocycles. The van der Waals surface area contributed by atoms with Gasteiger partial charge in [0.1, 0.15) is 39.1 Å². The Balaban J connectivity index is 1.93.